The van der Waals surface area contributed by atoms with Gasteiger partial charge in [-0.2, -0.15) is 0 Å². The Bertz CT molecular complexity index is 427. The first-order valence-corrected chi connectivity index (χ1v) is 13.3. The van der Waals surface area contributed by atoms with E-state index in [0.29, 0.717) is 0 Å². The van der Waals surface area contributed by atoms with Crippen molar-refractivity contribution in [2.45, 2.75) is 77.1 Å². The van der Waals surface area contributed by atoms with E-state index in [4.69, 9.17) is 13.3 Å². The predicted molar refractivity (Wildman–Crippen MR) is 116 cm³/mol. The maximum absolute atomic E-state index is 6.32. The number of aryl methyl sites for hydroxylation is 1. The average molecular weight is 446 g/mol. The molecule has 0 saturated carbocycles. The van der Waals surface area contributed by atoms with Gasteiger partial charge in [0.05, 0.1) is 0 Å². The van der Waals surface area contributed by atoms with Gasteiger partial charge in [0, 0.05) is 31.2 Å². The first-order chi connectivity index (χ1) is 12.7. The van der Waals surface area contributed by atoms with Gasteiger partial charge in [0.25, 0.3) is 0 Å². The molecular weight excluding hydrogens is 408 g/mol. The van der Waals surface area contributed by atoms with Crippen molar-refractivity contribution in [2.24, 2.45) is 0 Å². The van der Waals surface area contributed by atoms with Gasteiger partial charge in [-0.1, -0.05) is 80.2 Å². The highest BCUT2D eigenvalue weighted by Crippen LogP contribution is 2.22. The van der Waals surface area contributed by atoms with Crippen molar-refractivity contribution in [3.63, 3.8) is 0 Å². The van der Waals surface area contributed by atoms with E-state index in [1.807, 2.05) is 0 Å². The first kappa shape index (κ1) is 23.8. The van der Waals surface area contributed by atoms with E-state index >= 15 is 0 Å². The molecule has 0 N–H and O–H groups in total. The summed E-state index contributed by atoms with van der Waals surface area (Å²) in [4.78, 5) is 0. The SMILES string of the molecule is CCCCO[Si](CCc1ccc(CBr)cc1)(OCCCC)OCCCC. The van der Waals surface area contributed by atoms with Crippen molar-refractivity contribution in [3.05, 3.63) is 35.4 Å². The molecule has 150 valence electrons. The Morgan fingerprint density at radius 1 is 0.731 bits per heavy atom. The standard InChI is InChI=1S/C21H37BrO3Si/c1-4-7-15-23-26(24-16-8-5-2,25-17-9-6-3)18-14-20-10-12-21(19-22)13-11-20/h10-13H,4-9,14-19H2,1-3H3. The fourth-order valence-electron chi connectivity index (χ4n) is 2.55. The molecule has 0 aliphatic rings. The van der Waals surface area contributed by atoms with Crippen LogP contribution in [0.4, 0.5) is 0 Å². The second kappa shape index (κ2) is 14.8. The van der Waals surface area contributed by atoms with Crippen molar-refractivity contribution in [3.8, 4) is 0 Å². The zero-order valence-electron chi connectivity index (χ0n) is 16.9. The molecule has 0 aromatic heterocycles. The molecule has 1 rings (SSSR count). The fraction of sp³-hybridized carbons (Fsp3) is 0.714. The van der Waals surface area contributed by atoms with E-state index in [-0.39, 0.29) is 0 Å². The van der Waals surface area contributed by atoms with Crippen LogP contribution in [-0.2, 0) is 25.0 Å². The van der Waals surface area contributed by atoms with Crippen molar-refractivity contribution >= 4 is 24.7 Å². The van der Waals surface area contributed by atoms with Gasteiger partial charge in [0.2, 0.25) is 0 Å². The third-order valence-corrected chi connectivity index (χ3v) is 7.80. The molecular formula is C21H37BrO3Si. The molecule has 0 fully saturated rings. The maximum atomic E-state index is 6.32. The van der Waals surface area contributed by atoms with Crippen molar-refractivity contribution in [1.29, 1.82) is 0 Å². The van der Waals surface area contributed by atoms with E-state index in [9.17, 15) is 0 Å². The molecule has 0 radical (unpaired) electrons. The number of unbranched alkanes of at least 4 members (excludes halogenated alkanes) is 3. The van der Waals surface area contributed by atoms with Crippen LogP contribution >= 0.6 is 15.9 Å². The van der Waals surface area contributed by atoms with Gasteiger partial charge in [-0.05, 0) is 36.8 Å². The summed E-state index contributed by atoms with van der Waals surface area (Å²) in [5.74, 6) is 0. The molecule has 0 bridgehead atoms. The zero-order valence-corrected chi connectivity index (χ0v) is 19.5. The number of rotatable bonds is 16. The molecule has 0 saturated heterocycles. The molecule has 26 heavy (non-hydrogen) atoms. The van der Waals surface area contributed by atoms with Crippen LogP contribution in [-0.4, -0.2) is 28.6 Å². The molecule has 0 spiro atoms. The minimum absolute atomic E-state index is 0.740. The third-order valence-electron chi connectivity index (χ3n) is 4.36. The number of hydrogen-bond donors (Lipinski definition) is 0. The zero-order chi connectivity index (χ0) is 19.1. The lowest BCUT2D eigenvalue weighted by Crippen LogP contribution is -2.47. The number of alkyl halides is 1. The van der Waals surface area contributed by atoms with Crippen LogP contribution in [0, 0.1) is 0 Å². The van der Waals surface area contributed by atoms with E-state index in [2.05, 4.69) is 61.0 Å². The summed E-state index contributed by atoms with van der Waals surface area (Å²) >= 11 is 3.51. The highest BCUT2D eigenvalue weighted by atomic mass is 79.9. The predicted octanol–water partition coefficient (Wildman–Crippen LogP) is 6.51. The van der Waals surface area contributed by atoms with Crippen LogP contribution in [0.15, 0.2) is 24.3 Å². The van der Waals surface area contributed by atoms with Gasteiger partial charge in [-0.25, -0.2) is 0 Å². The summed E-state index contributed by atoms with van der Waals surface area (Å²) in [6.45, 7) is 8.78. The molecule has 0 aliphatic carbocycles. The summed E-state index contributed by atoms with van der Waals surface area (Å²) in [6, 6.07) is 9.64. The Balaban J connectivity index is 2.76. The lowest BCUT2D eigenvalue weighted by Gasteiger charge is -2.30. The Kier molecular flexibility index (Phi) is 13.6. The Labute approximate surface area is 170 Å². The largest absolute Gasteiger partial charge is 0.501 e. The van der Waals surface area contributed by atoms with Gasteiger partial charge in [0.1, 0.15) is 0 Å². The lowest BCUT2D eigenvalue weighted by atomic mass is 10.1. The van der Waals surface area contributed by atoms with E-state index < -0.39 is 8.80 Å². The summed E-state index contributed by atoms with van der Waals surface area (Å²) in [5, 5.41) is 0.895. The van der Waals surface area contributed by atoms with E-state index in [1.54, 1.807) is 0 Å². The molecule has 5 heteroatoms. The summed E-state index contributed by atoms with van der Waals surface area (Å²) in [6.07, 6.45) is 7.50. The number of hydrogen-bond acceptors (Lipinski definition) is 3. The smallest absolute Gasteiger partial charge is 0.373 e. The molecule has 3 nitrogen and oxygen atoms in total. The van der Waals surface area contributed by atoms with Crippen LogP contribution in [0.25, 0.3) is 0 Å². The van der Waals surface area contributed by atoms with Crippen LogP contribution in [0.3, 0.4) is 0 Å². The Hall–Kier alpha value is -0.203. The second-order valence-electron chi connectivity index (χ2n) is 6.74. The minimum atomic E-state index is -2.62. The van der Waals surface area contributed by atoms with Crippen LogP contribution < -0.4 is 0 Å². The number of benzene rings is 1. The van der Waals surface area contributed by atoms with E-state index in [1.165, 1.54) is 11.1 Å². The first-order valence-electron chi connectivity index (χ1n) is 10.2. The van der Waals surface area contributed by atoms with E-state index in [0.717, 1.165) is 76.1 Å². The quantitative estimate of drug-likeness (QED) is 0.165. The van der Waals surface area contributed by atoms with Gasteiger partial charge >= 0.3 is 8.80 Å². The molecule has 0 heterocycles. The minimum Gasteiger partial charge on any atom is -0.373 e. The van der Waals surface area contributed by atoms with Crippen molar-refractivity contribution in [2.75, 3.05) is 19.8 Å². The van der Waals surface area contributed by atoms with Crippen LogP contribution in [0.5, 0.6) is 0 Å². The highest BCUT2D eigenvalue weighted by Gasteiger charge is 2.40. The van der Waals surface area contributed by atoms with Gasteiger partial charge < -0.3 is 13.3 Å². The monoisotopic (exact) mass is 444 g/mol. The summed E-state index contributed by atoms with van der Waals surface area (Å²) < 4.78 is 19.0. The van der Waals surface area contributed by atoms with Gasteiger partial charge in [0.15, 0.2) is 0 Å². The van der Waals surface area contributed by atoms with Crippen LogP contribution in [0.2, 0.25) is 6.04 Å². The summed E-state index contributed by atoms with van der Waals surface area (Å²) in [7, 11) is -2.62. The Morgan fingerprint density at radius 3 is 1.54 bits per heavy atom. The summed E-state index contributed by atoms with van der Waals surface area (Å²) in [5.41, 5.74) is 2.62. The van der Waals surface area contributed by atoms with Gasteiger partial charge in [-0.15, -0.1) is 0 Å². The fourth-order valence-corrected chi connectivity index (χ4v) is 5.57. The second-order valence-corrected chi connectivity index (χ2v) is 10.0. The normalized spacial score (nSPS) is 11.8. The average Bonchev–Trinajstić information content (AvgIpc) is 2.67. The third kappa shape index (κ3) is 9.65. The van der Waals surface area contributed by atoms with Gasteiger partial charge in [-0.3, -0.25) is 0 Å². The molecule has 1 aromatic carbocycles. The Morgan fingerprint density at radius 2 is 1.15 bits per heavy atom. The van der Waals surface area contributed by atoms with Crippen LogP contribution in [0.1, 0.15) is 70.4 Å². The molecule has 0 atom stereocenters. The molecule has 1 aromatic rings. The topological polar surface area (TPSA) is 27.7 Å². The molecule has 0 aliphatic heterocycles. The van der Waals surface area contributed by atoms with Crippen molar-refractivity contribution < 1.29 is 13.3 Å². The van der Waals surface area contributed by atoms with Crippen molar-refractivity contribution in [1.82, 2.24) is 0 Å². The number of halogens is 1. The maximum Gasteiger partial charge on any atom is 0.501 e. The molecule has 0 unspecified atom stereocenters. The highest BCUT2D eigenvalue weighted by molar-refractivity contribution is 9.08. The lowest BCUT2D eigenvalue weighted by molar-refractivity contribution is 0.0564. The molecule has 0 amide bonds.